The molecule has 2 saturated heterocycles. The molecule has 1 aromatic heterocycles. The van der Waals surface area contributed by atoms with Crippen molar-refractivity contribution in [3.05, 3.63) is 11.7 Å². The number of hydrogen-bond donors (Lipinski definition) is 0. The number of piperidine rings is 1. The minimum absolute atomic E-state index is 0.285. The van der Waals surface area contributed by atoms with E-state index in [2.05, 4.69) is 28.9 Å². The molecule has 0 aliphatic carbocycles. The molecular weight excluding hydrogens is 254 g/mol. The molecule has 0 bridgehead atoms. The fraction of sp³-hybridized carbons (Fsp3) is 0.867. The predicted molar refractivity (Wildman–Crippen MR) is 75.3 cm³/mol. The summed E-state index contributed by atoms with van der Waals surface area (Å²) in [5.41, 5.74) is 0. The first-order valence-electron chi connectivity index (χ1n) is 7.91. The van der Waals surface area contributed by atoms with Gasteiger partial charge in [0, 0.05) is 25.1 Å². The van der Waals surface area contributed by atoms with Crippen LogP contribution in [-0.2, 0) is 17.7 Å². The standard InChI is InChI=1S/C15H25N3O2/c1-11-5-3-6-12(2)18(11)10-15-16-14(17-20-15)9-13-7-4-8-19-13/h11-13H,3-10H2,1-2H3/t11-,12+,13-/m0/s1. The van der Waals surface area contributed by atoms with E-state index < -0.39 is 0 Å². The summed E-state index contributed by atoms with van der Waals surface area (Å²) in [6.45, 7) is 6.23. The van der Waals surface area contributed by atoms with Gasteiger partial charge in [0.05, 0.1) is 12.6 Å². The number of hydrogen-bond acceptors (Lipinski definition) is 5. The molecule has 2 fully saturated rings. The molecule has 0 saturated carbocycles. The van der Waals surface area contributed by atoms with E-state index in [1.54, 1.807) is 0 Å². The molecule has 112 valence electrons. The van der Waals surface area contributed by atoms with E-state index in [1.165, 1.54) is 19.3 Å². The van der Waals surface area contributed by atoms with E-state index in [0.717, 1.165) is 44.1 Å². The molecule has 20 heavy (non-hydrogen) atoms. The zero-order valence-electron chi connectivity index (χ0n) is 12.5. The molecule has 3 atom stereocenters. The Balaban J connectivity index is 1.58. The van der Waals surface area contributed by atoms with Crippen molar-refractivity contribution >= 4 is 0 Å². The van der Waals surface area contributed by atoms with E-state index >= 15 is 0 Å². The van der Waals surface area contributed by atoms with Crippen LogP contribution in [0.3, 0.4) is 0 Å². The third kappa shape index (κ3) is 3.20. The van der Waals surface area contributed by atoms with Crippen molar-refractivity contribution in [2.24, 2.45) is 0 Å². The maximum atomic E-state index is 5.62. The average Bonchev–Trinajstić information content (AvgIpc) is 3.07. The molecule has 5 nitrogen and oxygen atoms in total. The van der Waals surface area contributed by atoms with Gasteiger partial charge in [-0.2, -0.15) is 4.98 Å². The van der Waals surface area contributed by atoms with Crippen molar-refractivity contribution in [3.63, 3.8) is 0 Å². The van der Waals surface area contributed by atoms with Gasteiger partial charge >= 0.3 is 0 Å². The maximum absolute atomic E-state index is 5.62. The molecule has 0 amide bonds. The summed E-state index contributed by atoms with van der Waals surface area (Å²) in [5.74, 6) is 1.54. The van der Waals surface area contributed by atoms with Crippen molar-refractivity contribution < 1.29 is 9.26 Å². The Hall–Kier alpha value is -0.940. The normalized spacial score (nSPS) is 31.8. The van der Waals surface area contributed by atoms with Crippen molar-refractivity contribution in [2.45, 2.75) is 77.1 Å². The lowest BCUT2D eigenvalue weighted by Crippen LogP contribution is -2.43. The predicted octanol–water partition coefficient (Wildman–Crippen LogP) is 2.55. The third-order valence-corrected chi connectivity index (χ3v) is 4.64. The number of likely N-dealkylation sites (tertiary alicyclic amines) is 1. The van der Waals surface area contributed by atoms with E-state index in [4.69, 9.17) is 9.26 Å². The van der Waals surface area contributed by atoms with Crippen LogP contribution in [0.4, 0.5) is 0 Å². The van der Waals surface area contributed by atoms with Gasteiger partial charge in [-0.3, -0.25) is 4.90 Å². The van der Waals surface area contributed by atoms with Crippen LogP contribution in [0.15, 0.2) is 4.52 Å². The molecule has 3 heterocycles. The Labute approximate surface area is 120 Å². The number of nitrogens with zero attached hydrogens (tertiary/aromatic N) is 3. The first-order valence-corrected chi connectivity index (χ1v) is 7.91. The molecule has 2 aliphatic rings. The van der Waals surface area contributed by atoms with E-state index in [1.807, 2.05) is 0 Å². The van der Waals surface area contributed by atoms with Crippen LogP contribution in [0.25, 0.3) is 0 Å². The van der Waals surface area contributed by atoms with Gasteiger partial charge < -0.3 is 9.26 Å². The summed E-state index contributed by atoms with van der Waals surface area (Å²) in [6.07, 6.45) is 7.19. The largest absolute Gasteiger partial charge is 0.378 e. The van der Waals surface area contributed by atoms with Gasteiger partial charge in [0.1, 0.15) is 0 Å². The Morgan fingerprint density at radius 1 is 1.15 bits per heavy atom. The minimum atomic E-state index is 0.285. The maximum Gasteiger partial charge on any atom is 0.240 e. The summed E-state index contributed by atoms with van der Waals surface area (Å²) in [4.78, 5) is 7.02. The van der Waals surface area contributed by atoms with Crippen LogP contribution in [0.2, 0.25) is 0 Å². The van der Waals surface area contributed by atoms with Crippen LogP contribution in [-0.4, -0.2) is 39.8 Å². The molecule has 5 heteroatoms. The summed E-state index contributed by atoms with van der Waals surface area (Å²) in [7, 11) is 0. The monoisotopic (exact) mass is 279 g/mol. The first kappa shape index (κ1) is 14.0. The highest BCUT2D eigenvalue weighted by Crippen LogP contribution is 2.24. The molecule has 0 unspecified atom stereocenters. The molecule has 2 aliphatic heterocycles. The van der Waals surface area contributed by atoms with Gasteiger partial charge in [-0.25, -0.2) is 0 Å². The van der Waals surface area contributed by atoms with Gasteiger partial charge in [0.15, 0.2) is 5.82 Å². The molecular formula is C15H25N3O2. The Morgan fingerprint density at radius 3 is 2.65 bits per heavy atom. The quantitative estimate of drug-likeness (QED) is 0.847. The van der Waals surface area contributed by atoms with Crippen LogP contribution in [0.5, 0.6) is 0 Å². The smallest absolute Gasteiger partial charge is 0.240 e. The fourth-order valence-corrected chi connectivity index (χ4v) is 3.39. The molecule has 0 spiro atoms. The lowest BCUT2D eigenvalue weighted by molar-refractivity contribution is 0.0825. The van der Waals surface area contributed by atoms with Crippen molar-refractivity contribution in [2.75, 3.05) is 6.61 Å². The van der Waals surface area contributed by atoms with E-state index in [0.29, 0.717) is 12.1 Å². The Kier molecular flexibility index (Phi) is 4.36. The van der Waals surface area contributed by atoms with Crippen LogP contribution in [0, 0.1) is 0 Å². The van der Waals surface area contributed by atoms with Crippen LogP contribution >= 0.6 is 0 Å². The first-order chi connectivity index (χ1) is 9.72. The number of aromatic nitrogens is 2. The summed E-state index contributed by atoms with van der Waals surface area (Å²) < 4.78 is 11.0. The highest BCUT2D eigenvalue weighted by atomic mass is 16.5. The fourth-order valence-electron chi connectivity index (χ4n) is 3.39. The second-order valence-corrected chi connectivity index (χ2v) is 6.24. The molecule has 0 radical (unpaired) electrons. The average molecular weight is 279 g/mol. The van der Waals surface area contributed by atoms with E-state index in [9.17, 15) is 0 Å². The third-order valence-electron chi connectivity index (χ3n) is 4.64. The zero-order valence-corrected chi connectivity index (χ0v) is 12.5. The second kappa shape index (κ2) is 6.22. The second-order valence-electron chi connectivity index (χ2n) is 6.24. The molecule has 1 aromatic rings. The highest BCUT2D eigenvalue weighted by molar-refractivity contribution is 4.92. The molecule has 0 aromatic carbocycles. The van der Waals surface area contributed by atoms with Gasteiger partial charge in [-0.1, -0.05) is 11.6 Å². The Morgan fingerprint density at radius 2 is 1.95 bits per heavy atom. The summed E-state index contributed by atoms with van der Waals surface area (Å²) >= 11 is 0. The van der Waals surface area contributed by atoms with Gasteiger partial charge in [-0.05, 0) is 39.5 Å². The van der Waals surface area contributed by atoms with Crippen molar-refractivity contribution in [1.82, 2.24) is 15.0 Å². The molecule has 0 N–H and O–H groups in total. The van der Waals surface area contributed by atoms with Gasteiger partial charge in [0.25, 0.3) is 0 Å². The zero-order chi connectivity index (χ0) is 13.9. The number of rotatable bonds is 4. The minimum Gasteiger partial charge on any atom is -0.378 e. The summed E-state index contributed by atoms with van der Waals surface area (Å²) in [5, 5.41) is 4.10. The molecule has 3 rings (SSSR count). The summed E-state index contributed by atoms with van der Waals surface area (Å²) in [6, 6.07) is 1.21. The van der Waals surface area contributed by atoms with E-state index in [-0.39, 0.29) is 6.10 Å². The van der Waals surface area contributed by atoms with Gasteiger partial charge in [0.2, 0.25) is 5.89 Å². The SMILES string of the molecule is C[C@@H]1CCC[C@H](C)N1Cc1nc(C[C@@H]2CCCO2)no1. The van der Waals surface area contributed by atoms with Gasteiger partial charge in [-0.15, -0.1) is 0 Å². The van der Waals surface area contributed by atoms with Crippen LogP contribution in [0.1, 0.15) is 57.7 Å². The van der Waals surface area contributed by atoms with Crippen LogP contribution < -0.4 is 0 Å². The lowest BCUT2D eigenvalue weighted by atomic mass is 9.98. The highest BCUT2D eigenvalue weighted by Gasteiger charge is 2.26. The Bertz CT molecular complexity index is 419. The van der Waals surface area contributed by atoms with Crippen molar-refractivity contribution in [3.8, 4) is 0 Å². The van der Waals surface area contributed by atoms with Crippen molar-refractivity contribution in [1.29, 1.82) is 0 Å². The lowest BCUT2D eigenvalue weighted by Gasteiger charge is -2.37. The number of ether oxygens (including phenoxy) is 1. The topological polar surface area (TPSA) is 51.4 Å².